The van der Waals surface area contributed by atoms with Crippen molar-refractivity contribution in [2.45, 2.75) is 26.7 Å². The summed E-state index contributed by atoms with van der Waals surface area (Å²) in [5.41, 5.74) is 6.46. The highest BCUT2D eigenvalue weighted by Gasteiger charge is 1.99. The van der Waals surface area contributed by atoms with Crippen LogP contribution in [0.15, 0.2) is 24.3 Å². The van der Waals surface area contributed by atoms with E-state index in [2.05, 4.69) is 6.92 Å². The van der Waals surface area contributed by atoms with Gasteiger partial charge >= 0.3 is 5.97 Å². The Labute approximate surface area is 103 Å². The first-order valence-corrected chi connectivity index (χ1v) is 5.11. The van der Waals surface area contributed by atoms with Gasteiger partial charge in [-0.15, -0.1) is 12.4 Å². The number of halogens is 1. The van der Waals surface area contributed by atoms with E-state index in [0.29, 0.717) is 5.56 Å². The average molecular weight is 246 g/mol. The molecule has 0 radical (unpaired) electrons. The van der Waals surface area contributed by atoms with Crippen LogP contribution in [0.1, 0.15) is 35.7 Å². The van der Waals surface area contributed by atoms with E-state index in [1.165, 1.54) is 12.8 Å². The summed E-state index contributed by atoms with van der Waals surface area (Å²) in [6.45, 7) is 4.84. The molecule has 16 heavy (non-hydrogen) atoms. The molecule has 1 aromatic carbocycles. The van der Waals surface area contributed by atoms with E-state index in [-0.39, 0.29) is 12.4 Å². The van der Waals surface area contributed by atoms with E-state index in [0.717, 1.165) is 12.1 Å². The number of benzene rings is 1. The molecule has 0 atom stereocenters. The third-order valence-corrected chi connectivity index (χ3v) is 1.82. The van der Waals surface area contributed by atoms with Gasteiger partial charge in [-0.05, 0) is 32.0 Å². The summed E-state index contributed by atoms with van der Waals surface area (Å²) < 4.78 is 0. The van der Waals surface area contributed by atoms with E-state index in [4.69, 9.17) is 10.8 Å². The first-order valence-electron chi connectivity index (χ1n) is 5.11. The van der Waals surface area contributed by atoms with Crippen LogP contribution in [0.5, 0.6) is 0 Å². The molecule has 0 saturated heterocycles. The highest BCUT2D eigenvalue weighted by Crippen LogP contribution is 2.02. The second-order valence-corrected chi connectivity index (χ2v) is 3.32. The predicted octanol–water partition coefficient (Wildman–Crippen LogP) is 2.86. The number of unbranched alkanes of at least 4 members (excludes halogenated alkanes) is 1. The van der Waals surface area contributed by atoms with Crippen molar-refractivity contribution in [2.24, 2.45) is 5.73 Å². The number of aryl methyl sites for hydroxylation is 1. The molecule has 0 fully saturated rings. The second kappa shape index (κ2) is 10.5. The molecule has 3 nitrogen and oxygen atoms in total. The van der Waals surface area contributed by atoms with Crippen molar-refractivity contribution in [2.75, 3.05) is 6.54 Å². The fourth-order valence-corrected chi connectivity index (χ4v) is 0.982. The van der Waals surface area contributed by atoms with Crippen LogP contribution in [0.2, 0.25) is 0 Å². The Morgan fingerprint density at radius 2 is 2.06 bits per heavy atom. The molecule has 92 valence electrons. The first-order chi connectivity index (χ1) is 7.11. The SMILES string of the molecule is CCCCN.Cc1cccc(C(=O)O)c1.Cl. The van der Waals surface area contributed by atoms with Gasteiger partial charge in [-0.25, -0.2) is 4.79 Å². The minimum Gasteiger partial charge on any atom is -0.478 e. The van der Waals surface area contributed by atoms with Crippen LogP contribution in [-0.4, -0.2) is 17.6 Å². The molecule has 4 heteroatoms. The molecule has 3 N–H and O–H groups in total. The van der Waals surface area contributed by atoms with Crippen LogP contribution in [0.3, 0.4) is 0 Å². The number of carboxylic acid groups (broad SMARTS) is 1. The number of carbonyl (C=O) groups is 1. The predicted molar refractivity (Wildman–Crippen MR) is 69.3 cm³/mol. The maximum absolute atomic E-state index is 10.4. The number of hydrogen-bond acceptors (Lipinski definition) is 2. The molecular weight excluding hydrogens is 226 g/mol. The van der Waals surface area contributed by atoms with Crippen LogP contribution >= 0.6 is 12.4 Å². The Kier molecular flexibility index (Phi) is 11.3. The normalized spacial score (nSPS) is 8.44. The fourth-order valence-electron chi connectivity index (χ4n) is 0.982. The van der Waals surface area contributed by atoms with E-state index < -0.39 is 5.97 Å². The largest absolute Gasteiger partial charge is 0.478 e. The standard InChI is InChI=1S/C8H8O2.C4H11N.ClH/c1-6-3-2-4-7(5-6)8(9)10;1-2-3-4-5;/h2-5H,1H3,(H,9,10);2-5H2,1H3;1H. The van der Waals surface area contributed by atoms with Crippen LogP contribution in [0, 0.1) is 6.92 Å². The Balaban J connectivity index is 0. The Morgan fingerprint density at radius 3 is 2.31 bits per heavy atom. The lowest BCUT2D eigenvalue weighted by atomic mass is 10.1. The summed E-state index contributed by atoms with van der Waals surface area (Å²) in [6, 6.07) is 6.82. The molecule has 0 saturated carbocycles. The Bertz CT molecular complexity index is 301. The molecule has 0 bridgehead atoms. The van der Waals surface area contributed by atoms with Gasteiger partial charge in [0.1, 0.15) is 0 Å². The van der Waals surface area contributed by atoms with Gasteiger partial charge < -0.3 is 10.8 Å². The molecular formula is C12H20ClNO2. The summed E-state index contributed by atoms with van der Waals surface area (Å²) in [4.78, 5) is 10.4. The molecule has 0 aliphatic heterocycles. The molecule has 0 aliphatic carbocycles. The Hall–Kier alpha value is -1.06. The van der Waals surface area contributed by atoms with E-state index in [1.807, 2.05) is 13.0 Å². The zero-order valence-corrected chi connectivity index (χ0v) is 10.6. The monoisotopic (exact) mass is 245 g/mol. The number of rotatable bonds is 3. The lowest BCUT2D eigenvalue weighted by molar-refractivity contribution is 0.0697. The maximum atomic E-state index is 10.4. The third kappa shape index (κ3) is 8.26. The van der Waals surface area contributed by atoms with Crippen LogP contribution < -0.4 is 5.73 Å². The van der Waals surface area contributed by atoms with E-state index in [9.17, 15) is 4.79 Å². The highest BCUT2D eigenvalue weighted by molar-refractivity contribution is 5.87. The molecule has 0 unspecified atom stereocenters. The van der Waals surface area contributed by atoms with E-state index >= 15 is 0 Å². The van der Waals surface area contributed by atoms with Crippen molar-refractivity contribution < 1.29 is 9.90 Å². The van der Waals surface area contributed by atoms with Gasteiger partial charge in [0.05, 0.1) is 5.56 Å². The van der Waals surface area contributed by atoms with Gasteiger partial charge in [-0.3, -0.25) is 0 Å². The molecule has 0 heterocycles. The first kappa shape index (κ1) is 17.3. The second-order valence-electron chi connectivity index (χ2n) is 3.32. The van der Waals surface area contributed by atoms with Crippen molar-refractivity contribution in [3.8, 4) is 0 Å². The lowest BCUT2D eigenvalue weighted by Crippen LogP contribution is -1.95. The topological polar surface area (TPSA) is 63.3 Å². The number of hydrogen-bond donors (Lipinski definition) is 2. The van der Waals surface area contributed by atoms with Gasteiger partial charge in [0.15, 0.2) is 0 Å². The quantitative estimate of drug-likeness (QED) is 0.861. The third-order valence-electron chi connectivity index (χ3n) is 1.82. The zero-order valence-electron chi connectivity index (χ0n) is 9.77. The van der Waals surface area contributed by atoms with E-state index in [1.54, 1.807) is 18.2 Å². The van der Waals surface area contributed by atoms with Gasteiger partial charge in [0.25, 0.3) is 0 Å². The number of aromatic carboxylic acids is 1. The minimum absolute atomic E-state index is 0. The summed E-state index contributed by atoms with van der Waals surface area (Å²) in [5, 5.41) is 8.51. The maximum Gasteiger partial charge on any atom is 0.335 e. The van der Waals surface area contributed by atoms with Crippen molar-refractivity contribution in [3.05, 3.63) is 35.4 Å². The van der Waals surface area contributed by atoms with Gasteiger partial charge in [-0.1, -0.05) is 31.0 Å². The highest BCUT2D eigenvalue weighted by atomic mass is 35.5. The molecule has 0 amide bonds. The molecule has 1 rings (SSSR count). The summed E-state index contributed by atoms with van der Waals surface area (Å²) >= 11 is 0. The average Bonchev–Trinajstić information content (AvgIpc) is 2.20. The fraction of sp³-hybridized carbons (Fsp3) is 0.417. The van der Waals surface area contributed by atoms with Gasteiger partial charge in [0, 0.05) is 0 Å². The summed E-state index contributed by atoms with van der Waals surface area (Å²) in [6.07, 6.45) is 2.39. The Morgan fingerprint density at radius 1 is 1.44 bits per heavy atom. The van der Waals surface area contributed by atoms with Crippen molar-refractivity contribution in [3.63, 3.8) is 0 Å². The zero-order chi connectivity index (χ0) is 11.7. The minimum atomic E-state index is -0.872. The smallest absolute Gasteiger partial charge is 0.335 e. The summed E-state index contributed by atoms with van der Waals surface area (Å²) in [5.74, 6) is -0.872. The number of nitrogens with two attached hydrogens (primary N) is 1. The molecule has 1 aromatic rings. The van der Waals surface area contributed by atoms with Crippen LogP contribution in [0.4, 0.5) is 0 Å². The van der Waals surface area contributed by atoms with Gasteiger partial charge in [-0.2, -0.15) is 0 Å². The number of carboxylic acids is 1. The molecule has 0 spiro atoms. The lowest BCUT2D eigenvalue weighted by Gasteiger charge is -1.93. The van der Waals surface area contributed by atoms with Crippen LogP contribution in [-0.2, 0) is 0 Å². The van der Waals surface area contributed by atoms with Gasteiger partial charge in [0.2, 0.25) is 0 Å². The van der Waals surface area contributed by atoms with Crippen molar-refractivity contribution in [1.82, 2.24) is 0 Å². The molecule has 0 aromatic heterocycles. The van der Waals surface area contributed by atoms with Crippen molar-refractivity contribution >= 4 is 18.4 Å². The van der Waals surface area contributed by atoms with Crippen LogP contribution in [0.25, 0.3) is 0 Å². The summed E-state index contributed by atoms with van der Waals surface area (Å²) in [7, 11) is 0. The molecule has 0 aliphatic rings. The van der Waals surface area contributed by atoms with Crippen molar-refractivity contribution in [1.29, 1.82) is 0 Å².